The van der Waals surface area contributed by atoms with Gasteiger partial charge in [0.2, 0.25) is 5.78 Å². The Morgan fingerprint density at radius 1 is 0.828 bits per heavy atom. The molecule has 0 bridgehead atoms. The summed E-state index contributed by atoms with van der Waals surface area (Å²) in [5.41, 5.74) is 8.34. The second-order valence-corrected chi connectivity index (χ2v) is 9.39. The summed E-state index contributed by atoms with van der Waals surface area (Å²) in [5, 5.41) is 3.56. The van der Waals surface area contributed by atoms with Crippen molar-refractivity contribution < 1.29 is 9.28 Å². The van der Waals surface area contributed by atoms with Crippen LogP contribution in [0.3, 0.4) is 0 Å². The van der Waals surface area contributed by atoms with Crippen LogP contribution in [0.5, 0.6) is 0 Å². The lowest BCUT2D eigenvalue weighted by Crippen LogP contribution is -2.45. The van der Waals surface area contributed by atoms with Gasteiger partial charge in [-0.2, -0.15) is 0 Å². The molecule has 2 rings (SSSR count). The lowest BCUT2D eigenvalue weighted by molar-refractivity contribution is -0.882. The van der Waals surface area contributed by atoms with Gasteiger partial charge in [-0.15, -0.1) is 0 Å². The number of carbonyl (C=O) groups is 1. The van der Waals surface area contributed by atoms with E-state index in [0.717, 1.165) is 53.6 Å². The first-order valence-corrected chi connectivity index (χ1v) is 10.8. The number of likely N-dealkylation sites (N-methyl/N-ethyl adjacent to an activating group) is 1. The molecule has 0 fully saturated rings. The Bertz CT molecular complexity index is 809. The normalized spacial score (nSPS) is 11.7. The van der Waals surface area contributed by atoms with Crippen molar-refractivity contribution in [2.75, 3.05) is 33.7 Å². The fraction of sp³-hybridized carbons (Fsp3) is 0.500. The van der Waals surface area contributed by atoms with E-state index in [1.54, 1.807) is 0 Å². The van der Waals surface area contributed by atoms with E-state index in [4.69, 9.17) is 0 Å². The molecule has 0 aromatic heterocycles. The standard InChI is InChI=1S/C26H39N2O/c1-19-12-20(2)16-24(15-19)17-27-10-8-9-11-28(6,7)18-25(29)26-22(4)13-21(3)14-23(26)5/h12-16,27H,8-11,17-18H2,1-7H3/q+1. The van der Waals surface area contributed by atoms with Crippen LogP contribution >= 0.6 is 0 Å². The SMILES string of the molecule is Cc1cc(C)cc(CNCCCC[N+](C)(C)CC(=O)c2c(C)cc(C)cc2C)c1. The van der Waals surface area contributed by atoms with Gasteiger partial charge < -0.3 is 9.80 Å². The van der Waals surface area contributed by atoms with E-state index in [9.17, 15) is 4.79 Å². The summed E-state index contributed by atoms with van der Waals surface area (Å²) in [4.78, 5) is 12.9. The molecule has 0 atom stereocenters. The molecule has 0 unspecified atom stereocenters. The molecule has 0 aliphatic heterocycles. The van der Waals surface area contributed by atoms with Crippen LogP contribution in [-0.2, 0) is 6.54 Å². The van der Waals surface area contributed by atoms with E-state index in [2.05, 4.69) is 84.4 Å². The van der Waals surface area contributed by atoms with Gasteiger partial charge in [-0.1, -0.05) is 47.0 Å². The van der Waals surface area contributed by atoms with Gasteiger partial charge in [-0.25, -0.2) is 0 Å². The maximum atomic E-state index is 12.9. The van der Waals surface area contributed by atoms with Crippen LogP contribution in [0.25, 0.3) is 0 Å². The third-order valence-electron chi connectivity index (χ3n) is 5.51. The molecule has 0 amide bonds. The van der Waals surface area contributed by atoms with Crippen LogP contribution in [0.2, 0.25) is 0 Å². The van der Waals surface area contributed by atoms with Gasteiger partial charge in [0.1, 0.15) is 6.54 Å². The number of rotatable bonds is 10. The molecule has 158 valence electrons. The second kappa shape index (κ2) is 10.2. The minimum Gasteiger partial charge on any atom is -0.322 e. The number of Topliss-reactive ketones (excluding diaryl/α,β-unsaturated/α-hetero) is 1. The third kappa shape index (κ3) is 7.41. The molecule has 0 saturated heterocycles. The van der Waals surface area contributed by atoms with Crippen molar-refractivity contribution in [1.82, 2.24) is 5.32 Å². The van der Waals surface area contributed by atoms with Gasteiger partial charge in [-0.05, 0) is 70.7 Å². The summed E-state index contributed by atoms with van der Waals surface area (Å²) < 4.78 is 0.739. The summed E-state index contributed by atoms with van der Waals surface area (Å²) in [6.45, 7) is 14.0. The molecule has 2 aromatic carbocycles. The van der Waals surface area contributed by atoms with Crippen molar-refractivity contribution in [1.29, 1.82) is 0 Å². The first-order chi connectivity index (χ1) is 13.6. The molecule has 0 aliphatic rings. The van der Waals surface area contributed by atoms with Crippen molar-refractivity contribution in [3.63, 3.8) is 0 Å². The third-order valence-corrected chi connectivity index (χ3v) is 5.51. The van der Waals surface area contributed by atoms with Crippen molar-refractivity contribution in [3.8, 4) is 0 Å². The van der Waals surface area contributed by atoms with E-state index in [1.165, 1.54) is 22.3 Å². The molecule has 0 radical (unpaired) electrons. The van der Waals surface area contributed by atoms with Crippen LogP contribution in [0, 0.1) is 34.6 Å². The number of unbranched alkanes of at least 4 members (excludes halogenated alkanes) is 1. The van der Waals surface area contributed by atoms with E-state index in [1.807, 2.05) is 0 Å². The highest BCUT2D eigenvalue weighted by molar-refractivity contribution is 5.99. The number of nitrogens with one attached hydrogen (secondary N) is 1. The lowest BCUT2D eigenvalue weighted by atomic mass is 9.96. The monoisotopic (exact) mass is 395 g/mol. The number of hydrogen-bond acceptors (Lipinski definition) is 2. The highest BCUT2D eigenvalue weighted by Gasteiger charge is 2.23. The molecular weight excluding hydrogens is 356 g/mol. The van der Waals surface area contributed by atoms with Crippen molar-refractivity contribution in [2.45, 2.75) is 54.0 Å². The maximum absolute atomic E-state index is 12.9. The first kappa shape index (κ1) is 23.3. The smallest absolute Gasteiger partial charge is 0.217 e. The predicted molar refractivity (Wildman–Crippen MR) is 124 cm³/mol. The highest BCUT2D eigenvalue weighted by atomic mass is 16.1. The molecule has 3 nitrogen and oxygen atoms in total. The van der Waals surface area contributed by atoms with E-state index >= 15 is 0 Å². The lowest BCUT2D eigenvalue weighted by Gasteiger charge is -2.29. The number of carbonyl (C=O) groups excluding carboxylic acids is 1. The Morgan fingerprint density at radius 2 is 1.38 bits per heavy atom. The quantitative estimate of drug-likeness (QED) is 0.346. The predicted octanol–water partition coefficient (Wildman–Crippen LogP) is 5.06. The summed E-state index contributed by atoms with van der Waals surface area (Å²) >= 11 is 0. The Morgan fingerprint density at radius 3 is 1.97 bits per heavy atom. The van der Waals surface area contributed by atoms with E-state index < -0.39 is 0 Å². The number of hydrogen-bond donors (Lipinski definition) is 1. The molecule has 1 N–H and O–H groups in total. The zero-order valence-electron chi connectivity index (χ0n) is 19.5. The largest absolute Gasteiger partial charge is 0.322 e. The molecular formula is C26H39N2O+. The molecule has 0 aliphatic carbocycles. The number of nitrogens with zero attached hydrogens (tertiary/aromatic N) is 1. The Hall–Kier alpha value is -1.97. The Kier molecular flexibility index (Phi) is 8.18. The average Bonchev–Trinajstić information content (AvgIpc) is 2.55. The molecule has 0 heterocycles. The van der Waals surface area contributed by atoms with Crippen molar-refractivity contribution in [3.05, 3.63) is 69.3 Å². The van der Waals surface area contributed by atoms with Crippen LogP contribution in [0.1, 0.15) is 56.6 Å². The Labute approximate surface area is 177 Å². The Balaban J connectivity index is 1.76. The second-order valence-electron chi connectivity index (χ2n) is 9.39. The molecule has 3 heteroatoms. The molecule has 2 aromatic rings. The molecule has 0 saturated carbocycles. The molecule has 29 heavy (non-hydrogen) atoms. The topological polar surface area (TPSA) is 29.1 Å². The fourth-order valence-electron chi connectivity index (χ4n) is 4.36. The first-order valence-electron chi connectivity index (χ1n) is 10.8. The van der Waals surface area contributed by atoms with Gasteiger partial charge in [0.15, 0.2) is 0 Å². The number of benzene rings is 2. The van der Waals surface area contributed by atoms with Gasteiger partial charge in [-0.3, -0.25) is 4.79 Å². The van der Waals surface area contributed by atoms with Gasteiger partial charge in [0.25, 0.3) is 0 Å². The number of aryl methyl sites for hydroxylation is 5. The zero-order chi connectivity index (χ0) is 21.6. The molecule has 0 spiro atoms. The fourth-order valence-corrected chi connectivity index (χ4v) is 4.36. The van der Waals surface area contributed by atoms with Gasteiger partial charge >= 0.3 is 0 Å². The summed E-state index contributed by atoms with van der Waals surface area (Å²) in [6, 6.07) is 10.9. The van der Waals surface area contributed by atoms with E-state index in [-0.39, 0.29) is 5.78 Å². The number of ketones is 1. The minimum absolute atomic E-state index is 0.262. The maximum Gasteiger partial charge on any atom is 0.217 e. The summed E-state index contributed by atoms with van der Waals surface area (Å²) in [5.74, 6) is 0.262. The van der Waals surface area contributed by atoms with Crippen molar-refractivity contribution in [2.24, 2.45) is 0 Å². The van der Waals surface area contributed by atoms with Gasteiger partial charge in [0, 0.05) is 12.1 Å². The zero-order valence-corrected chi connectivity index (χ0v) is 19.5. The van der Waals surface area contributed by atoms with Crippen LogP contribution in [0.4, 0.5) is 0 Å². The van der Waals surface area contributed by atoms with Crippen LogP contribution in [0.15, 0.2) is 30.3 Å². The minimum atomic E-state index is 0.262. The average molecular weight is 396 g/mol. The summed E-state index contributed by atoms with van der Waals surface area (Å²) in [7, 11) is 4.33. The van der Waals surface area contributed by atoms with E-state index in [0.29, 0.717) is 6.54 Å². The van der Waals surface area contributed by atoms with Crippen molar-refractivity contribution >= 4 is 5.78 Å². The summed E-state index contributed by atoms with van der Waals surface area (Å²) in [6.07, 6.45) is 2.25. The van der Waals surface area contributed by atoms with Gasteiger partial charge in [0.05, 0.1) is 20.6 Å². The van der Waals surface area contributed by atoms with Crippen LogP contribution in [-0.4, -0.2) is 44.0 Å². The van der Waals surface area contributed by atoms with Crippen LogP contribution < -0.4 is 5.32 Å². The number of quaternary nitrogens is 1. The highest BCUT2D eigenvalue weighted by Crippen LogP contribution is 2.18.